The summed E-state index contributed by atoms with van der Waals surface area (Å²) in [5, 5.41) is 14.0. The highest BCUT2D eigenvalue weighted by molar-refractivity contribution is 6.13. The molecule has 0 bridgehead atoms. The van der Waals surface area contributed by atoms with Crippen LogP contribution in [0.4, 0.5) is 9.18 Å². The Bertz CT molecular complexity index is 985. The molecule has 25 heavy (non-hydrogen) atoms. The zero-order chi connectivity index (χ0) is 17.9. The number of hydrogen-bond acceptors (Lipinski definition) is 3. The molecule has 3 amide bonds. The molecular formula is C18H13FN2O4. The maximum atomic E-state index is 13.9. The number of halogens is 1. The predicted molar refractivity (Wildman–Crippen MR) is 85.4 cm³/mol. The van der Waals surface area contributed by atoms with Gasteiger partial charge in [-0.2, -0.15) is 0 Å². The first-order chi connectivity index (χ1) is 11.8. The van der Waals surface area contributed by atoms with Crippen molar-refractivity contribution in [3.8, 4) is 11.1 Å². The lowest BCUT2D eigenvalue weighted by molar-refractivity contribution is -0.136. The third kappa shape index (κ3) is 1.98. The van der Waals surface area contributed by atoms with Crippen molar-refractivity contribution in [3.63, 3.8) is 0 Å². The van der Waals surface area contributed by atoms with Crippen molar-refractivity contribution in [1.82, 2.24) is 10.6 Å². The summed E-state index contributed by atoms with van der Waals surface area (Å²) in [6.07, 6.45) is -0.244. The molecule has 126 valence electrons. The lowest BCUT2D eigenvalue weighted by Gasteiger charge is -2.23. The Morgan fingerprint density at radius 3 is 2.60 bits per heavy atom. The second-order valence-electron chi connectivity index (χ2n) is 6.27. The summed E-state index contributed by atoms with van der Waals surface area (Å²) in [7, 11) is 0. The highest BCUT2D eigenvalue weighted by atomic mass is 19.1. The number of carbonyl (C=O) groups is 3. The molecule has 1 atom stereocenters. The van der Waals surface area contributed by atoms with Crippen LogP contribution in [-0.2, 0) is 21.5 Å². The number of imide groups is 1. The van der Waals surface area contributed by atoms with Crippen LogP contribution in [0.3, 0.4) is 0 Å². The molecule has 1 unspecified atom stereocenters. The second kappa shape index (κ2) is 4.89. The lowest BCUT2D eigenvalue weighted by atomic mass is 9.86. The van der Waals surface area contributed by atoms with Gasteiger partial charge < -0.3 is 10.4 Å². The van der Waals surface area contributed by atoms with Crippen molar-refractivity contribution in [3.05, 3.63) is 58.4 Å². The standard InChI is InChI=1S/C18H13FN2O4/c1-8-4-9(6-14(22)23)15-11-3-2-10(19)7-12(11)18(13(15)5-8)16(24)20-17(25)21-18/h2-5,7H,6H2,1H3,(H,22,23)(H2,20,21,24,25). The summed E-state index contributed by atoms with van der Waals surface area (Å²) in [5.74, 6) is -2.16. The number of hydrogen-bond donors (Lipinski definition) is 3. The minimum absolute atomic E-state index is 0.244. The maximum absolute atomic E-state index is 13.9. The van der Waals surface area contributed by atoms with Gasteiger partial charge in [0.15, 0.2) is 5.54 Å². The first-order valence-corrected chi connectivity index (χ1v) is 7.62. The van der Waals surface area contributed by atoms with Gasteiger partial charge in [0.25, 0.3) is 5.91 Å². The fourth-order valence-electron chi connectivity index (χ4n) is 3.80. The van der Waals surface area contributed by atoms with Crippen LogP contribution in [-0.4, -0.2) is 23.0 Å². The fraction of sp³-hybridized carbons (Fsp3) is 0.167. The molecule has 1 heterocycles. The van der Waals surface area contributed by atoms with Crippen LogP contribution in [0.1, 0.15) is 22.3 Å². The van der Waals surface area contributed by atoms with Crippen molar-refractivity contribution >= 4 is 17.9 Å². The number of nitrogens with one attached hydrogen (secondary N) is 2. The molecule has 1 saturated heterocycles. The van der Waals surface area contributed by atoms with Gasteiger partial charge in [-0.15, -0.1) is 0 Å². The van der Waals surface area contributed by atoms with Gasteiger partial charge in [0.2, 0.25) is 0 Å². The summed E-state index contributed by atoms with van der Waals surface area (Å²) in [6.45, 7) is 1.78. The monoisotopic (exact) mass is 340 g/mol. The van der Waals surface area contributed by atoms with Crippen LogP contribution in [0, 0.1) is 12.7 Å². The van der Waals surface area contributed by atoms with Crippen molar-refractivity contribution in [2.45, 2.75) is 18.9 Å². The number of carboxylic acid groups (broad SMARTS) is 1. The molecule has 0 aromatic heterocycles. The van der Waals surface area contributed by atoms with Gasteiger partial charge in [-0.25, -0.2) is 9.18 Å². The Kier molecular flexibility index (Phi) is 3.00. The summed E-state index contributed by atoms with van der Waals surface area (Å²) < 4.78 is 13.9. The summed E-state index contributed by atoms with van der Waals surface area (Å²) in [4.78, 5) is 35.8. The largest absolute Gasteiger partial charge is 0.481 e. The van der Waals surface area contributed by atoms with Crippen LogP contribution in [0.2, 0.25) is 0 Å². The van der Waals surface area contributed by atoms with E-state index in [0.29, 0.717) is 27.8 Å². The highest BCUT2D eigenvalue weighted by Gasteiger charge is 2.55. The van der Waals surface area contributed by atoms with E-state index in [4.69, 9.17) is 0 Å². The molecule has 7 heteroatoms. The van der Waals surface area contributed by atoms with Gasteiger partial charge in [0.1, 0.15) is 5.82 Å². The van der Waals surface area contributed by atoms with E-state index in [9.17, 15) is 23.9 Å². The van der Waals surface area contributed by atoms with Gasteiger partial charge in [-0.3, -0.25) is 14.9 Å². The number of carboxylic acids is 1. The third-order valence-electron chi connectivity index (χ3n) is 4.63. The number of aryl methyl sites for hydroxylation is 1. The van der Waals surface area contributed by atoms with Gasteiger partial charge >= 0.3 is 12.0 Å². The third-order valence-corrected chi connectivity index (χ3v) is 4.63. The molecular weight excluding hydrogens is 327 g/mol. The molecule has 2 aliphatic rings. The molecule has 2 aromatic rings. The van der Waals surface area contributed by atoms with E-state index in [1.807, 2.05) is 0 Å². The van der Waals surface area contributed by atoms with Gasteiger partial charge in [-0.1, -0.05) is 23.8 Å². The number of benzene rings is 2. The van der Waals surface area contributed by atoms with Gasteiger partial charge in [-0.05, 0) is 35.7 Å². The van der Waals surface area contributed by atoms with Crippen LogP contribution in [0.25, 0.3) is 11.1 Å². The zero-order valence-corrected chi connectivity index (χ0v) is 13.1. The smallest absolute Gasteiger partial charge is 0.322 e. The molecule has 2 aromatic carbocycles. The SMILES string of the molecule is Cc1cc(CC(=O)O)c2c(c1)C1(NC(=O)NC1=O)c1cc(F)ccc1-2. The normalized spacial score (nSPS) is 20.2. The number of amides is 3. The molecule has 0 radical (unpaired) electrons. The predicted octanol–water partition coefficient (Wildman–Crippen LogP) is 1.82. The summed E-state index contributed by atoms with van der Waals surface area (Å²) >= 11 is 0. The molecule has 3 N–H and O–H groups in total. The minimum atomic E-state index is -1.54. The van der Waals surface area contributed by atoms with Crippen molar-refractivity contribution in [1.29, 1.82) is 0 Å². The van der Waals surface area contributed by atoms with Crippen molar-refractivity contribution < 1.29 is 23.9 Å². The van der Waals surface area contributed by atoms with Crippen molar-refractivity contribution in [2.24, 2.45) is 0 Å². The number of urea groups is 1. The van der Waals surface area contributed by atoms with Crippen LogP contribution in [0.15, 0.2) is 30.3 Å². The Hall–Kier alpha value is -3.22. The number of carbonyl (C=O) groups excluding carboxylic acids is 2. The topological polar surface area (TPSA) is 95.5 Å². The van der Waals surface area contributed by atoms with Crippen LogP contribution in [0.5, 0.6) is 0 Å². The molecule has 6 nitrogen and oxygen atoms in total. The Labute approximate surface area is 141 Å². The number of rotatable bonds is 2. The lowest BCUT2D eigenvalue weighted by Crippen LogP contribution is -2.43. The van der Waals surface area contributed by atoms with Crippen LogP contribution < -0.4 is 10.6 Å². The van der Waals surface area contributed by atoms with E-state index < -0.39 is 29.3 Å². The van der Waals surface area contributed by atoms with Gasteiger partial charge in [0.05, 0.1) is 6.42 Å². The second-order valence-corrected chi connectivity index (χ2v) is 6.27. The molecule has 1 aliphatic carbocycles. The first-order valence-electron chi connectivity index (χ1n) is 7.62. The zero-order valence-electron chi connectivity index (χ0n) is 13.1. The van der Waals surface area contributed by atoms with Gasteiger partial charge in [0, 0.05) is 11.1 Å². The Balaban J connectivity index is 2.11. The average molecular weight is 340 g/mol. The molecule has 0 saturated carbocycles. The Morgan fingerprint density at radius 2 is 1.96 bits per heavy atom. The fourth-order valence-corrected chi connectivity index (χ4v) is 3.80. The average Bonchev–Trinajstić information content (AvgIpc) is 2.95. The number of fused-ring (bicyclic) bond motifs is 5. The maximum Gasteiger partial charge on any atom is 0.322 e. The van der Waals surface area contributed by atoms with Crippen LogP contribution >= 0.6 is 0 Å². The van der Waals surface area contributed by atoms with E-state index in [1.165, 1.54) is 18.2 Å². The summed E-state index contributed by atoms with van der Waals surface area (Å²) in [5.41, 5.74) is 1.60. The molecule has 4 rings (SSSR count). The highest BCUT2D eigenvalue weighted by Crippen LogP contribution is 2.50. The van der Waals surface area contributed by atoms with E-state index in [1.54, 1.807) is 19.1 Å². The van der Waals surface area contributed by atoms with E-state index in [0.717, 1.165) is 5.56 Å². The first kappa shape index (κ1) is 15.3. The number of aliphatic carboxylic acids is 1. The Morgan fingerprint density at radius 1 is 1.20 bits per heavy atom. The quantitative estimate of drug-likeness (QED) is 0.727. The molecule has 1 spiro atoms. The minimum Gasteiger partial charge on any atom is -0.481 e. The van der Waals surface area contributed by atoms with E-state index in [-0.39, 0.29) is 6.42 Å². The molecule has 1 aliphatic heterocycles. The summed E-state index contributed by atoms with van der Waals surface area (Å²) in [6, 6.07) is 6.75. The van der Waals surface area contributed by atoms with E-state index in [2.05, 4.69) is 10.6 Å². The van der Waals surface area contributed by atoms with Crippen molar-refractivity contribution in [2.75, 3.05) is 0 Å². The molecule has 1 fully saturated rings. The van der Waals surface area contributed by atoms with E-state index >= 15 is 0 Å².